The summed E-state index contributed by atoms with van der Waals surface area (Å²) >= 11 is 0. The molecule has 0 rings (SSSR count). The molecule has 0 aliphatic heterocycles. The Balaban J connectivity index is 3.81. The van der Waals surface area contributed by atoms with Crippen LogP contribution in [0.3, 0.4) is 0 Å². The molecule has 0 aliphatic carbocycles. The van der Waals surface area contributed by atoms with Crippen molar-refractivity contribution in [1.82, 2.24) is 5.48 Å². The molecule has 82 valence electrons. The molecule has 0 saturated carbocycles. The Morgan fingerprint density at radius 2 is 1.86 bits per heavy atom. The molecule has 2 N–H and O–H groups in total. The van der Waals surface area contributed by atoms with Crippen LogP contribution in [0.1, 0.15) is 27.7 Å². The van der Waals surface area contributed by atoms with Gasteiger partial charge in [0, 0.05) is 0 Å². The molecule has 0 spiro atoms. The van der Waals surface area contributed by atoms with E-state index in [0.717, 1.165) is 0 Å². The lowest BCUT2D eigenvalue weighted by atomic mass is 10.2. The number of carboxylic acid groups (broad SMARTS) is 1. The second-order valence-corrected chi connectivity index (χ2v) is 3.70. The highest BCUT2D eigenvalue weighted by Gasteiger charge is 2.18. The number of carbonyl (C=O) groups is 2. The summed E-state index contributed by atoms with van der Waals surface area (Å²) in [6.45, 7) is 6.35. The van der Waals surface area contributed by atoms with Crippen LogP contribution in [0.2, 0.25) is 0 Å². The van der Waals surface area contributed by atoms with Crippen LogP contribution < -0.4 is 5.48 Å². The van der Waals surface area contributed by atoms with E-state index in [4.69, 9.17) is 9.84 Å². The van der Waals surface area contributed by atoms with Crippen molar-refractivity contribution in [3.63, 3.8) is 0 Å². The van der Waals surface area contributed by atoms with Crippen LogP contribution in [0, 0.1) is 0 Å². The fourth-order valence-corrected chi connectivity index (χ4v) is 0.486. The molecule has 0 aliphatic rings. The quantitative estimate of drug-likeness (QED) is 0.669. The third-order valence-corrected chi connectivity index (χ3v) is 1.07. The van der Waals surface area contributed by atoms with Crippen molar-refractivity contribution in [2.75, 3.05) is 0 Å². The highest BCUT2D eigenvalue weighted by molar-refractivity contribution is 5.72. The van der Waals surface area contributed by atoms with Crippen LogP contribution in [0.15, 0.2) is 0 Å². The summed E-state index contributed by atoms with van der Waals surface area (Å²) in [6, 6.07) is 0. The van der Waals surface area contributed by atoms with Crippen LogP contribution in [0.4, 0.5) is 4.79 Å². The lowest BCUT2D eigenvalue weighted by Gasteiger charge is -2.19. The van der Waals surface area contributed by atoms with E-state index in [1.165, 1.54) is 6.92 Å². The number of rotatable bonds is 3. The van der Waals surface area contributed by atoms with Gasteiger partial charge in [-0.1, -0.05) is 0 Å². The predicted octanol–water partition coefficient (Wildman–Crippen LogP) is 0.916. The maximum Gasteiger partial charge on any atom is 0.431 e. The summed E-state index contributed by atoms with van der Waals surface area (Å²) in [4.78, 5) is 25.7. The van der Waals surface area contributed by atoms with Crippen molar-refractivity contribution in [3.05, 3.63) is 0 Å². The van der Waals surface area contributed by atoms with Crippen molar-refractivity contribution in [3.8, 4) is 0 Å². The molecule has 1 unspecified atom stereocenters. The lowest BCUT2D eigenvalue weighted by molar-refractivity contribution is -0.153. The van der Waals surface area contributed by atoms with Gasteiger partial charge in [0.25, 0.3) is 0 Å². The average Bonchev–Trinajstić information content (AvgIpc) is 1.96. The first-order valence-electron chi connectivity index (χ1n) is 4.10. The number of hydroxylamine groups is 1. The summed E-state index contributed by atoms with van der Waals surface area (Å²) in [5, 5.41) is 8.41. The Morgan fingerprint density at radius 1 is 1.36 bits per heavy atom. The SMILES string of the molecule is CC(ONC(=O)OC(C)(C)C)C(=O)O. The monoisotopic (exact) mass is 205 g/mol. The van der Waals surface area contributed by atoms with E-state index < -0.39 is 23.8 Å². The van der Waals surface area contributed by atoms with Gasteiger partial charge in [0.05, 0.1) is 0 Å². The number of nitrogens with one attached hydrogen (secondary N) is 1. The average molecular weight is 205 g/mol. The van der Waals surface area contributed by atoms with Gasteiger partial charge < -0.3 is 9.84 Å². The Morgan fingerprint density at radius 3 is 2.21 bits per heavy atom. The maximum atomic E-state index is 10.9. The highest BCUT2D eigenvalue weighted by atomic mass is 16.7. The second kappa shape index (κ2) is 4.80. The smallest absolute Gasteiger partial charge is 0.431 e. The summed E-state index contributed by atoms with van der Waals surface area (Å²) in [5.41, 5.74) is 1.24. The molecule has 0 saturated heterocycles. The highest BCUT2D eigenvalue weighted by Crippen LogP contribution is 2.06. The molecule has 0 aromatic carbocycles. The fourth-order valence-electron chi connectivity index (χ4n) is 0.486. The van der Waals surface area contributed by atoms with E-state index in [1.54, 1.807) is 20.8 Å². The van der Waals surface area contributed by atoms with Crippen LogP contribution in [0.25, 0.3) is 0 Å². The van der Waals surface area contributed by atoms with Crippen molar-refractivity contribution < 1.29 is 24.3 Å². The topological polar surface area (TPSA) is 84.9 Å². The number of carbonyl (C=O) groups excluding carboxylic acids is 1. The standard InChI is InChI=1S/C8H15NO5/c1-5(6(10)11)14-9-7(12)13-8(2,3)4/h5H,1-4H3,(H,9,12)(H,10,11). The molecule has 0 aromatic heterocycles. The third kappa shape index (κ3) is 6.24. The third-order valence-electron chi connectivity index (χ3n) is 1.07. The maximum absolute atomic E-state index is 10.9. The van der Waals surface area contributed by atoms with Gasteiger partial charge in [-0.05, 0) is 27.7 Å². The van der Waals surface area contributed by atoms with Crippen LogP contribution in [0.5, 0.6) is 0 Å². The molecule has 1 atom stereocenters. The van der Waals surface area contributed by atoms with Gasteiger partial charge in [-0.2, -0.15) is 5.48 Å². The molecule has 0 heterocycles. The van der Waals surface area contributed by atoms with E-state index >= 15 is 0 Å². The number of amides is 1. The largest absolute Gasteiger partial charge is 0.479 e. The number of aliphatic carboxylic acids is 1. The molecule has 6 heteroatoms. The molecular weight excluding hydrogens is 190 g/mol. The zero-order chi connectivity index (χ0) is 11.4. The van der Waals surface area contributed by atoms with Gasteiger partial charge in [0.15, 0.2) is 6.10 Å². The number of hydrogen-bond donors (Lipinski definition) is 2. The Bertz CT molecular complexity index is 220. The number of ether oxygens (including phenoxy) is 1. The lowest BCUT2D eigenvalue weighted by Crippen LogP contribution is -2.36. The molecular formula is C8H15NO5. The summed E-state index contributed by atoms with van der Waals surface area (Å²) in [7, 11) is 0. The molecule has 1 amide bonds. The molecule has 0 bridgehead atoms. The minimum absolute atomic E-state index is 0.639. The van der Waals surface area contributed by atoms with Gasteiger partial charge in [-0.3, -0.25) is 4.84 Å². The molecule has 0 aromatic rings. The van der Waals surface area contributed by atoms with Crippen molar-refractivity contribution >= 4 is 12.1 Å². The predicted molar refractivity (Wildman–Crippen MR) is 47.6 cm³/mol. The Labute approximate surface area is 82.1 Å². The van der Waals surface area contributed by atoms with Crippen LogP contribution in [-0.4, -0.2) is 28.9 Å². The van der Waals surface area contributed by atoms with E-state index in [2.05, 4.69) is 4.84 Å². The molecule has 0 radical (unpaired) electrons. The Hall–Kier alpha value is -1.30. The minimum Gasteiger partial charge on any atom is -0.479 e. The van der Waals surface area contributed by atoms with Gasteiger partial charge in [0.2, 0.25) is 0 Å². The molecule has 6 nitrogen and oxygen atoms in total. The van der Waals surface area contributed by atoms with Gasteiger partial charge in [0.1, 0.15) is 5.60 Å². The summed E-state index contributed by atoms with van der Waals surface area (Å²) in [5.74, 6) is -1.17. The van der Waals surface area contributed by atoms with Gasteiger partial charge in [-0.25, -0.2) is 9.59 Å². The second-order valence-electron chi connectivity index (χ2n) is 3.70. The van der Waals surface area contributed by atoms with E-state index in [-0.39, 0.29) is 0 Å². The number of carboxylic acids is 1. The first-order valence-corrected chi connectivity index (χ1v) is 4.10. The van der Waals surface area contributed by atoms with Gasteiger partial charge >= 0.3 is 12.1 Å². The minimum atomic E-state index is -1.17. The Kier molecular flexibility index (Phi) is 4.36. The van der Waals surface area contributed by atoms with E-state index in [9.17, 15) is 9.59 Å². The normalized spacial score (nSPS) is 13.1. The van der Waals surface area contributed by atoms with Crippen LogP contribution in [-0.2, 0) is 14.4 Å². The summed E-state index contributed by atoms with van der Waals surface area (Å²) < 4.78 is 4.80. The fraction of sp³-hybridized carbons (Fsp3) is 0.750. The van der Waals surface area contributed by atoms with Crippen molar-refractivity contribution in [2.45, 2.75) is 39.4 Å². The van der Waals surface area contributed by atoms with Crippen molar-refractivity contribution in [2.24, 2.45) is 0 Å². The van der Waals surface area contributed by atoms with Crippen LogP contribution >= 0.6 is 0 Å². The molecule has 0 fully saturated rings. The van der Waals surface area contributed by atoms with E-state index in [1.807, 2.05) is 5.48 Å². The number of hydrogen-bond acceptors (Lipinski definition) is 4. The molecule has 14 heavy (non-hydrogen) atoms. The van der Waals surface area contributed by atoms with E-state index in [0.29, 0.717) is 0 Å². The zero-order valence-corrected chi connectivity index (χ0v) is 8.66. The zero-order valence-electron chi connectivity index (χ0n) is 8.66. The summed E-state index contributed by atoms with van der Waals surface area (Å²) in [6.07, 6.45) is -1.92. The first kappa shape index (κ1) is 12.7. The van der Waals surface area contributed by atoms with Gasteiger partial charge in [-0.15, -0.1) is 0 Å². The van der Waals surface area contributed by atoms with Crippen molar-refractivity contribution in [1.29, 1.82) is 0 Å². The first-order chi connectivity index (χ1) is 6.22.